The van der Waals surface area contributed by atoms with E-state index in [0.29, 0.717) is 34.8 Å². The molecule has 144 valence electrons. The van der Waals surface area contributed by atoms with E-state index in [1.54, 1.807) is 23.1 Å². The molecule has 0 radical (unpaired) electrons. The van der Waals surface area contributed by atoms with Crippen LogP contribution in [0.2, 0.25) is 5.02 Å². The predicted octanol–water partition coefficient (Wildman–Crippen LogP) is 5.64. The molecule has 2 aromatic rings. The van der Waals surface area contributed by atoms with Gasteiger partial charge in [0, 0.05) is 40.7 Å². The first-order valence-electron chi connectivity index (χ1n) is 9.36. The van der Waals surface area contributed by atoms with Crippen molar-refractivity contribution < 1.29 is 14.0 Å². The lowest BCUT2D eigenvalue weighted by molar-refractivity contribution is -0.121. The summed E-state index contributed by atoms with van der Waals surface area (Å²) in [6, 6.07) is 13.2. The molecule has 1 aliphatic carbocycles. The van der Waals surface area contributed by atoms with Crippen LogP contribution in [0.5, 0.6) is 0 Å². The van der Waals surface area contributed by atoms with Crippen LogP contribution < -0.4 is 4.90 Å². The molecule has 1 atom stereocenters. The van der Waals surface area contributed by atoms with E-state index in [2.05, 4.69) is 0 Å². The maximum Gasteiger partial charge on any atom is 0.232 e. The van der Waals surface area contributed by atoms with Crippen LogP contribution in [0.3, 0.4) is 0 Å². The average molecular weight is 398 g/mol. The number of hydrogen-bond acceptors (Lipinski definition) is 2. The Bertz CT molecular complexity index is 994. The number of benzene rings is 2. The van der Waals surface area contributed by atoms with Gasteiger partial charge in [-0.1, -0.05) is 43.6 Å². The molecule has 0 bridgehead atoms. The van der Waals surface area contributed by atoms with E-state index in [9.17, 15) is 14.0 Å². The number of allylic oxidation sites excluding steroid dienone is 2. The molecule has 0 spiro atoms. The summed E-state index contributed by atoms with van der Waals surface area (Å²) < 4.78 is 13.4. The highest BCUT2D eigenvalue weighted by molar-refractivity contribution is 6.31. The number of Topliss-reactive ketones (excluding diaryl/α,β-unsaturated/α-hetero) is 1. The monoisotopic (exact) mass is 397 g/mol. The average Bonchev–Trinajstić information content (AvgIpc) is 2.61. The Balaban J connectivity index is 1.91. The van der Waals surface area contributed by atoms with Crippen LogP contribution in [-0.2, 0) is 9.59 Å². The van der Waals surface area contributed by atoms with Gasteiger partial charge < -0.3 is 0 Å². The van der Waals surface area contributed by atoms with Gasteiger partial charge in [0.05, 0.1) is 0 Å². The minimum Gasteiger partial charge on any atom is -0.294 e. The quantitative estimate of drug-likeness (QED) is 0.657. The van der Waals surface area contributed by atoms with Crippen LogP contribution in [0.15, 0.2) is 59.8 Å². The van der Waals surface area contributed by atoms with Crippen molar-refractivity contribution in [1.82, 2.24) is 0 Å². The van der Waals surface area contributed by atoms with E-state index >= 15 is 0 Å². The summed E-state index contributed by atoms with van der Waals surface area (Å²) in [5.41, 5.74) is 2.51. The topological polar surface area (TPSA) is 37.4 Å². The van der Waals surface area contributed by atoms with Crippen LogP contribution in [0.1, 0.15) is 44.6 Å². The lowest BCUT2D eigenvalue weighted by Gasteiger charge is -2.43. The van der Waals surface area contributed by atoms with Crippen molar-refractivity contribution in [2.24, 2.45) is 5.41 Å². The van der Waals surface area contributed by atoms with Gasteiger partial charge in [0.15, 0.2) is 5.78 Å². The van der Waals surface area contributed by atoms with Gasteiger partial charge in [-0.2, -0.15) is 0 Å². The number of carbonyl (C=O) groups is 2. The van der Waals surface area contributed by atoms with Crippen molar-refractivity contribution in [2.45, 2.75) is 39.0 Å². The fourth-order valence-electron chi connectivity index (χ4n) is 4.33. The molecule has 5 heteroatoms. The summed E-state index contributed by atoms with van der Waals surface area (Å²) in [6.07, 6.45) is 1.18. The zero-order valence-electron chi connectivity index (χ0n) is 15.8. The molecule has 2 aliphatic rings. The molecule has 0 unspecified atom stereocenters. The molecule has 4 rings (SSSR count). The first-order valence-corrected chi connectivity index (χ1v) is 9.74. The summed E-state index contributed by atoms with van der Waals surface area (Å²) in [7, 11) is 0. The minimum absolute atomic E-state index is 0.0516. The van der Waals surface area contributed by atoms with E-state index < -0.39 is 0 Å². The number of halogens is 2. The zero-order chi connectivity index (χ0) is 20.1. The van der Waals surface area contributed by atoms with Crippen molar-refractivity contribution in [1.29, 1.82) is 0 Å². The van der Waals surface area contributed by atoms with Crippen molar-refractivity contribution in [3.8, 4) is 0 Å². The zero-order valence-corrected chi connectivity index (χ0v) is 16.6. The maximum absolute atomic E-state index is 13.4. The largest absolute Gasteiger partial charge is 0.294 e. The molecule has 1 aliphatic heterocycles. The fraction of sp³-hybridized carbons (Fsp3) is 0.304. The van der Waals surface area contributed by atoms with Gasteiger partial charge in [-0.05, 0) is 47.7 Å². The van der Waals surface area contributed by atoms with Crippen LogP contribution in [-0.4, -0.2) is 11.7 Å². The fourth-order valence-corrected chi connectivity index (χ4v) is 4.60. The third kappa shape index (κ3) is 3.26. The molecule has 0 aromatic heterocycles. The van der Waals surface area contributed by atoms with Crippen LogP contribution in [0, 0.1) is 11.2 Å². The molecule has 1 amide bonds. The smallest absolute Gasteiger partial charge is 0.232 e. The molecule has 1 heterocycles. The Kier molecular flexibility index (Phi) is 4.62. The first kappa shape index (κ1) is 18.9. The number of ketones is 1. The van der Waals surface area contributed by atoms with Crippen LogP contribution >= 0.6 is 11.6 Å². The first-order chi connectivity index (χ1) is 13.3. The molecule has 28 heavy (non-hydrogen) atoms. The normalized spacial score (nSPS) is 21.7. The van der Waals surface area contributed by atoms with Gasteiger partial charge in [0.1, 0.15) is 5.82 Å². The standard InChI is InChI=1S/C23H21ClFNO2/c1-23(2)12-19-22(20(27)13-23)17(16-5-3-4-6-18(16)24)11-21(28)26(19)15-9-7-14(25)8-10-15/h3-10,17H,11-13H2,1-2H3/t17-/m1/s1. The molecular weight excluding hydrogens is 377 g/mol. The van der Waals surface area contributed by atoms with E-state index in [-0.39, 0.29) is 35.3 Å². The van der Waals surface area contributed by atoms with Gasteiger partial charge in [0.25, 0.3) is 0 Å². The summed E-state index contributed by atoms with van der Waals surface area (Å²) in [5, 5.41) is 0.556. The van der Waals surface area contributed by atoms with E-state index in [1.165, 1.54) is 12.1 Å². The Hall–Kier alpha value is -2.46. The highest BCUT2D eigenvalue weighted by Crippen LogP contribution is 2.49. The second kappa shape index (κ2) is 6.85. The Morgan fingerprint density at radius 2 is 1.71 bits per heavy atom. The summed E-state index contributed by atoms with van der Waals surface area (Å²) in [5.74, 6) is -0.774. The lowest BCUT2D eigenvalue weighted by atomic mass is 9.69. The third-order valence-corrected chi connectivity index (χ3v) is 5.85. The number of anilines is 1. The Labute approximate surface area is 168 Å². The molecule has 0 fully saturated rings. The van der Waals surface area contributed by atoms with Gasteiger partial charge in [-0.3, -0.25) is 14.5 Å². The van der Waals surface area contributed by atoms with E-state index in [1.807, 2.05) is 32.0 Å². The highest BCUT2D eigenvalue weighted by atomic mass is 35.5. The van der Waals surface area contributed by atoms with Crippen molar-refractivity contribution >= 4 is 29.0 Å². The predicted molar refractivity (Wildman–Crippen MR) is 108 cm³/mol. The number of amides is 1. The molecule has 0 saturated carbocycles. The van der Waals surface area contributed by atoms with Gasteiger partial charge in [-0.15, -0.1) is 0 Å². The number of nitrogens with zero attached hydrogens (tertiary/aromatic N) is 1. The van der Waals surface area contributed by atoms with Crippen molar-refractivity contribution in [3.63, 3.8) is 0 Å². The second-order valence-corrected chi connectivity index (χ2v) is 8.69. The van der Waals surface area contributed by atoms with Gasteiger partial charge in [-0.25, -0.2) is 4.39 Å². The van der Waals surface area contributed by atoms with Crippen molar-refractivity contribution in [2.75, 3.05) is 4.90 Å². The number of hydrogen-bond donors (Lipinski definition) is 0. The van der Waals surface area contributed by atoms with E-state index in [4.69, 9.17) is 11.6 Å². The Morgan fingerprint density at radius 3 is 2.39 bits per heavy atom. The van der Waals surface area contributed by atoms with Crippen LogP contribution in [0.25, 0.3) is 0 Å². The van der Waals surface area contributed by atoms with Gasteiger partial charge >= 0.3 is 0 Å². The molecule has 3 nitrogen and oxygen atoms in total. The van der Waals surface area contributed by atoms with Crippen LogP contribution in [0.4, 0.5) is 10.1 Å². The summed E-state index contributed by atoms with van der Waals surface area (Å²) in [4.78, 5) is 28.0. The third-order valence-electron chi connectivity index (χ3n) is 5.51. The maximum atomic E-state index is 13.4. The molecule has 0 N–H and O–H groups in total. The SMILES string of the molecule is CC1(C)CC(=O)C2=C(C1)N(c1ccc(F)cc1)C(=O)C[C@@H]2c1ccccc1Cl. The molecular formula is C23H21ClFNO2. The van der Waals surface area contributed by atoms with E-state index in [0.717, 1.165) is 5.56 Å². The number of carbonyl (C=O) groups excluding carboxylic acids is 2. The lowest BCUT2D eigenvalue weighted by Crippen LogP contribution is -2.43. The highest BCUT2D eigenvalue weighted by Gasteiger charge is 2.44. The molecule has 0 saturated heterocycles. The number of rotatable bonds is 2. The minimum atomic E-state index is -0.364. The second-order valence-electron chi connectivity index (χ2n) is 8.29. The Morgan fingerprint density at radius 1 is 1.04 bits per heavy atom. The van der Waals surface area contributed by atoms with Crippen molar-refractivity contribution in [3.05, 3.63) is 76.2 Å². The summed E-state index contributed by atoms with van der Waals surface area (Å²) in [6.45, 7) is 4.06. The van der Waals surface area contributed by atoms with Gasteiger partial charge in [0.2, 0.25) is 5.91 Å². The summed E-state index contributed by atoms with van der Waals surface area (Å²) >= 11 is 6.41. The molecule has 2 aromatic carbocycles.